The molecule has 15 heteroatoms. The van der Waals surface area contributed by atoms with Crippen molar-refractivity contribution in [2.24, 2.45) is 34.7 Å². The van der Waals surface area contributed by atoms with Crippen LogP contribution in [0.4, 0.5) is 4.79 Å². The Labute approximate surface area is 353 Å². The van der Waals surface area contributed by atoms with Crippen molar-refractivity contribution < 1.29 is 52.7 Å². The quantitative estimate of drug-likeness (QED) is 0.288. The molecule has 5 fully saturated rings. The highest BCUT2D eigenvalue weighted by Crippen LogP contribution is 2.45. The van der Waals surface area contributed by atoms with Gasteiger partial charge in [0.25, 0.3) is 0 Å². The normalized spacial score (nSPS) is 41.1. The standard InChI is InChI=1S/C45H64N4O11/c1-11-35-45(8)39-26(4)36(50)24(2)19-44(7)40(59-42-37(51)34(48(9)10)18-25(3)57-42)27(5)38(28(6)41(52)58-35)54-21-30(22-55-44)33(20-49(39)43(53)60-45)47-56-23-29-14-12-16-32-31(29)15-13-17-46-32/h12-17,24-28,30,34-35,37-40,42,51H,11,18-23H2,1-10H3/b47-33-/t24-,25-,26+,27+,28-,30?,34+,35-,37-,38+,39+,40-,42+,44?,45?/m1/s1. The average Bonchev–Trinajstić information content (AvgIpc) is 3.49. The number of amides is 1. The summed E-state index contributed by atoms with van der Waals surface area (Å²) in [5.74, 6) is -3.98. The van der Waals surface area contributed by atoms with Crippen LogP contribution in [-0.2, 0) is 49.5 Å². The molecule has 7 rings (SSSR count). The molecule has 0 aliphatic carbocycles. The van der Waals surface area contributed by atoms with Gasteiger partial charge in [-0.25, -0.2) is 4.79 Å². The van der Waals surface area contributed by atoms with Crippen LogP contribution in [0.2, 0.25) is 0 Å². The molecule has 15 nitrogen and oxygen atoms in total. The number of pyridine rings is 1. The molecule has 330 valence electrons. The van der Waals surface area contributed by atoms with Gasteiger partial charge in [-0.15, -0.1) is 0 Å². The summed E-state index contributed by atoms with van der Waals surface area (Å²) in [6.07, 6.45) is -2.60. The highest BCUT2D eigenvalue weighted by molar-refractivity contribution is 5.92. The molecular weight excluding hydrogens is 773 g/mol. The second kappa shape index (κ2) is 17.6. The Kier molecular flexibility index (Phi) is 13.0. The van der Waals surface area contributed by atoms with E-state index in [-0.39, 0.29) is 50.7 Å². The van der Waals surface area contributed by atoms with E-state index in [1.165, 1.54) is 0 Å². The van der Waals surface area contributed by atoms with Gasteiger partial charge in [0.15, 0.2) is 11.9 Å². The number of nitrogens with zero attached hydrogens (tertiary/aromatic N) is 4. The fraction of sp³-hybridized carbons (Fsp3) is 0.711. The topological polar surface area (TPSA) is 168 Å². The number of ether oxygens (including phenoxy) is 6. The molecule has 15 atom stereocenters. The number of cyclic esters (lactones) is 1. The minimum absolute atomic E-state index is 0.0404. The zero-order chi connectivity index (χ0) is 43.3. The fourth-order valence-electron chi connectivity index (χ4n) is 10.7. The number of esters is 1. The lowest BCUT2D eigenvalue weighted by Gasteiger charge is -2.48. The van der Waals surface area contributed by atoms with E-state index < -0.39 is 89.6 Å². The Morgan fingerprint density at radius 2 is 1.80 bits per heavy atom. The molecule has 2 aromatic rings. The lowest BCUT2D eigenvalue weighted by Crippen LogP contribution is -2.61. The predicted molar refractivity (Wildman–Crippen MR) is 221 cm³/mol. The lowest BCUT2D eigenvalue weighted by molar-refractivity contribution is -0.302. The third-order valence-electron chi connectivity index (χ3n) is 13.9. The maximum Gasteiger partial charge on any atom is 0.411 e. The van der Waals surface area contributed by atoms with Crippen molar-refractivity contribution in [3.8, 4) is 0 Å². The molecule has 3 unspecified atom stereocenters. The summed E-state index contributed by atoms with van der Waals surface area (Å²) in [6.45, 7) is 15.1. The summed E-state index contributed by atoms with van der Waals surface area (Å²) in [5, 5.41) is 17.4. The maximum atomic E-state index is 14.9. The average molecular weight is 837 g/mol. The second-order valence-corrected chi connectivity index (χ2v) is 18.5. The molecule has 1 aromatic heterocycles. The number of aromatic nitrogens is 1. The molecule has 1 N–H and O–H groups in total. The van der Waals surface area contributed by atoms with Crippen LogP contribution in [0, 0.1) is 29.6 Å². The zero-order valence-electron chi connectivity index (χ0n) is 36.7. The third-order valence-corrected chi connectivity index (χ3v) is 13.9. The van der Waals surface area contributed by atoms with Crippen molar-refractivity contribution in [3.63, 3.8) is 0 Å². The Morgan fingerprint density at radius 3 is 2.53 bits per heavy atom. The predicted octanol–water partition coefficient (Wildman–Crippen LogP) is 5.14. The summed E-state index contributed by atoms with van der Waals surface area (Å²) < 4.78 is 39.9. The van der Waals surface area contributed by atoms with Crippen molar-refractivity contribution in [1.29, 1.82) is 0 Å². The van der Waals surface area contributed by atoms with Gasteiger partial charge in [0.05, 0.1) is 66.9 Å². The molecule has 5 aliphatic rings. The summed E-state index contributed by atoms with van der Waals surface area (Å²) >= 11 is 0. The van der Waals surface area contributed by atoms with Crippen LogP contribution in [0.3, 0.4) is 0 Å². The summed E-state index contributed by atoms with van der Waals surface area (Å²) in [6, 6.07) is 8.57. The van der Waals surface area contributed by atoms with Crippen molar-refractivity contribution in [2.75, 3.05) is 33.9 Å². The molecule has 0 radical (unpaired) electrons. The van der Waals surface area contributed by atoms with Gasteiger partial charge in [0.2, 0.25) is 0 Å². The van der Waals surface area contributed by atoms with Gasteiger partial charge < -0.3 is 43.3 Å². The molecule has 1 amide bonds. The highest BCUT2D eigenvalue weighted by atomic mass is 16.7. The van der Waals surface area contributed by atoms with E-state index in [0.29, 0.717) is 18.6 Å². The number of fused-ring (bicyclic) bond motifs is 6. The molecule has 5 saturated heterocycles. The smallest absolute Gasteiger partial charge is 0.411 e. The van der Waals surface area contributed by atoms with E-state index in [1.54, 1.807) is 24.9 Å². The molecular formula is C45H64N4O11. The summed E-state index contributed by atoms with van der Waals surface area (Å²) in [7, 11) is 3.83. The Bertz CT molecular complexity index is 1920. The highest BCUT2D eigenvalue weighted by Gasteiger charge is 2.61. The van der Waals surface area contributed by atoms with Crippen LogP contribution < -0.4 is 0 Å². The molecule has 1 aromatic carbocycles. The molecule has 6 bridgehead atoms. The van der Waals surface area contributed by atoms with Gasteiger partial charge in [0.1, 0.15) is 24.6 Å². The number of likely N-dealkylation sites (N-methyl/N-ethyl adjacent to an activating group) is 1. The first-order chi connectivity index (χ1) is 28.5. The minimum Gasteiger partial charge on any atom is -0.458 e. The van der Waals surface area contributed by atoms with Crippen molar-refractivity contribution >= 4 is 34.5 Å². The monoisotopic (exact) mass is 836 g/mol. The number of Topliss-reactive ketones (excluding diaryl/α,β-unsaturated/α-hetero) is 1. The van der Waals surface area contributed by atoms with E-state index in [2.05, 4.69) is 4.98 Å². The number of oxime groups is 1. The number of ketones is 1. The van der Waals surface area contributed by atoms with Gasteiger partial charge >= 0.3 is 12.1 Å². The molecule has 6 heterocycles. The first kappa shape index (κ1) is 44.3. The Balaban J connectivity index is 1.38. The Hall–Kier alpha value is -3.73. The van der Waals surface area contributed by atoms with Crippen molar-refractivity contribution in [1.82, 2.24) is 14.8 Å². The van der Waals surface area contributed by atoms with Gasteiger partial charge in [-0.3, -0.25) is 19.5 Å². The maximum absolute atomic E-state index is 14.9. The van der Waals surface area contributed by atoms with Crippen LogP contribution in [0.25, 0.3) is 10.9 Å². The van der Waals surface area contributed by atoms with E-state index in [4.69, 9.17) is 38.4 Å². The number of hydrogen-bond donors (Lipinski definition) is 1. The number of hydrogen-bond acceptors (Lipinski definition) is 14. The lowest BCUT2D eigenvalue weighted by atomic mass is 9.73. The van der Waals surface area contributed by atoms with E-state index in [0.717, 1.165) is 16.5 Å². The van der Waals surface area contributed by atoms with Gasteiger partial charge in [-0.1, -0.05) is 51.0 Å². The first-order valence-corrected chi connectivity index (χ1v) is 21.6. The molecule has 0 spiro atoms. The zero-order valence-corrected chi connectivity index (χ0v) is 36.7. The number of aliphatic hydroxyl groups excluding tert-OH is 1. The van der Waals surface area contributed by atoms with Crippen LogP contribution in [-0.4, -0.2) is 137 Å². The third kappa shape index (κ3) is 8.29. The van der Waals surface area contributed by atoms with E-state index in [1.807, 2.05) is 90.9 Å². The number of benzene rings is 1. The van der Waals surface area contributed by atoms with Crippen LogP contribution in [0.5, 0.6) is 0 Å². The number of carbonyl (C=O) groups is 3. The minimum atomic E-state index is -1.39. The van der Waals surface area contributed by atoms with Crippen LogP contribution in [0.15, 0.2) is 41.7 Å². The van der Waals surface area contributed by atoms with Crippen molar-refractivity contribution in [2.45, 2.75) is 141 Å². The number of carbonyl (C=O) groups excluding carboxylic acids is 3. The summed E-state index contributed by atoms with van der Waals surface area (Å²) in [4.78, 5) is 57.7. The summed E-state index contributed by atoms with van der Waals surface area (Å²) in [5.41, 5.74) is -0.443. The SMILES string of the molecule is CC[C@H]1OC(=O)[C@H](C)[C@H]2OCC3COC(C)(C[C@@H](C)C(=O)[C@H](C)[C@@H]4N(C/C3=N/OCc3cccc5ncccc35)C(=O)OC41C)[C@H](O[C@@H]1O[C@H](C)C[C@H](N(C)C)[C@H]1O)[C@H]2C. The molecule has 60 heavy (non-hydrogen) atoms. The second-order valence-electron chi connectivity index (χ2n) is 18.5. The van der Waals surface area contributed by atoms with Crippen LogP contribution >= 0.6 is 0 Å². The van der Waals surface area contributed by atoms with Gasteiger partial charge in [-0.05, 0) is 73.2 Å². The van der Waals surface area contributed by atoms with Gasteiger partial charge in [-0.2, -0.15) is 0 Å². The van der Waals surface area contributed by atoms with E-state index >= 15 is 0 Å². The first-order valence-electron chi connectivity index (χ1n) is 21.6. The number of aliphatic hydroxyl groups is 1. The molecule has 0 saturated carbocycles. The Morgan fingerprint density at radius 1 is 1.03 bits per heavy atom. The van der Waals surface area contributed by atoms with Gasteiger partial charge in [0, 0.05) is 46.9 Å². The van der Waals surface area contributed by atoms with Crippen molar-refractivity contribution in [3.05, 3.63) is 42.1 Å². The molecule has 5 aliphatic heterocycles. The largest absolute Gasteiger partial charge is 0.458 e. The number of rotatable bonds is 7. The van der Waals surface area contributed by atoms with E-state index in [9.17, 15) is 19.5 Å². The fourth-order valence-corrected chi connectivity index (χ4v) is 10.7. The van der Waals surface area contributed by atoms with Crippen LogP contribution in [0.1, 0.15) is 80.2 Å².